The van der Waals surface area contributed by atoms with Crippen molar-refractivity contribution in [3.8, 4) is 6.07 Å². The van der Waals surface area contributed by atoms with Crippen molar-refractivity contribution in [2.45, 2.75) is 55.1 Å². The largest absolute Gasteiger partial charge is 0.465 e. The number of aryl methyl sites for hydroxylation is 7. The van der Waals surface area contributed by atoms with E-state index in [4.69, 9.17) is 20.6 Å². The summed E-state index contributed by atoms with van der Waals surface area (Å²) in [6, 6.07) is 25.5. The van der Waals surface area contributed by atoms with Crippen LogP contribution >= 0.6 is 0 Å². The molecule has 43 heavy (non-hydrogen) atoms. The molecule has 0 spiro atoms. The van der Waals surface area contributed by atoms with Crippen LogP contribution in [-0.2, 0) is 11.3 Å². The number of hydrogen-bond donors (Lipinski definition) is 2. The maximum Gasteiger partial charge on any atom is 0.338 e. The second-order valence-corrected chi connectivity index (χ2v) is 10.4. The number of esters is 1. The van der Waals surface area contributed by atoms with Crippen molar-refractivity contribution >= 4 is 22.8 Å². The number of rotatable bonds is 2. The van der Waals surface area contributed by atoms with Gasteiger partial charge in [0.25, 0.3) is 0 Å². The third-order valence-electron chi connectivity index (χ3n) is 6.61. The van der Waals surface area contributed by atoms with E-state index < -0.39 is 0 Å². The Kier molecular flexibility index (Phi) is 13.1. The number of ether oxygens (including phenoxy) is 1. The standard InChI is InChI=1S/C10H12O2.C9H9N.C9H12O.C8H8N2O/c1-7-4-5-9(8(2)6-7)10(11)12-3;2*1-7-3-4-9(6-10)8(2)5-7;1-5-2-3-6-7(4-5)11-10-8(6)9/h4-6H,1-3H3;3-5H,1-2H3;3-5,10H,6H2,1-2H3;2-4H,1H3,(H2,9,10). The molecular weight excluding hydrogens is 538 g/mol. The molecule has 4 aromatic carbocycles. The fraction of sp³-hybridized carbons (Fsp3) is 0.250. The van der Waals surface area contributed by atoms with Crippen LogP contribution in [0.4, 0.5) is 5.82 Å². The molecule has 0 aliphatic rings. The molecule has 1 aromatic heterocycles. The van der Waals surface area contributed by atoms with Gasteiger partial charge in [-0.15, -0.1) is 0 Å². The number of benzene rings is 4. The van der Waals surface area contributed by atoms with Crippen LogP contribution in [0.3, 0.4) is 0 Å². The number of aromatic nitrogens is 1. The van der Waals surface area contributed by atoms with Crippen LogP contribution < -0.4 is 5.73 Å². The molecule has 0 radical (unpaired) electrons. The van der Waals surface area contributed by atoms with Gasteiger partial charge in [0.1, 0.15) is 0 Å². The average molecular weight is 580 g/mol. The second-order valence-electron chi connectivity index (χ2n) is 10.4. The maximum absolute atomic E-state index is 11.1. The minimum atomic E-state index is -0.271. The molecule has 224 valence electrons. The van der Waals surface area contributed by atoms with E-state index in [9.17, 15) is 4.79 Å². The van der Waals surface area contributed by atoms with Gasteiger partial charge in [-0.2, -0.15) is 5.26 Å². The van der Waals surface area contributed by atoms with E-state index in [1.807, 2.05) is 109 Å². The SMILES string of the molecule is COC(=O)c1ccc(C)cc1C.Cc1ccc(C#N)c(C)c1.Cc1ccc(CO)c(C)c1.Cc1ccc2c(N)noc2c1. The molecule has 3 N–H and O–H groups in total. The van der Waals surface area contributed by atoms with Crippen LogP contribution in [0.25, 0.3) is 11.0 Å². The number of nitrogen functional groups attached to an aromatic ring is 1. The van der Waals surface area contributed by atoms with Gasteiger partial charge < -0.3 is 20.1 Å². The highest BCUT2D eigenvalue weighted by Crippen LogP contribution is 2.20. The van der Waals surface area contributed by atoms with Crippen LogP contribution in [0.1, 0.15) is 60.4 Å². The molecule has 0 amide bonds. The molecular formula is C36H41N3O4. The number of carbonyl (C=O) groups is 1. The summed E-state index contributed by atoms with van der Waals surface area (Å²) in [6.07, 6.45) is 0. The minimum Gasteiger partial charge on any atom is -0.465 e. The van der Waals surface area contributed by atoms with Gasteiger partial charge in [0.15, 0.2) is 11.4 Å². The maximum atomic E-state index is 11.1. The van der Waals surface area contributed by atoms with Crippen molar-refractivity contribution in [2.75, 3.05) is 12.8 Å². The van der Waals surface area contributed by atoms with Crippen LogP contribution in [-0.4, -0.2) is 23.3 Å². The van der Waals surface area contributed by atoms with Crippen molar-refractivity contribution in [1.29, 1.82) is 5.26 Å². The highest BCUT2D eigenvalue weighted by atomic mass is 16.5. The Morgan fingerprint density at radius 3 is 1.88 bits per heavy atom. The quantitative estimate of drug-likeness (QED) is 0.205. The Labute approximate surface area is 254 Å². The number of anilines is 1. The molecule has 5 aromatic rings. The Morgan fingerprint density at radius 2 is 1.35 bits per heavy atom. The highest BCUT2D eigenvalue weighted by molar-refractivity contribution is 5.91. The lowest BCUT2D eigenvalue weighted by Crippen LogP contribution is -2.03. The summed E-state index contributed by atoms with van der Waals surface area (Å²) in [5.74, 6) is 0.188. The van der Waals surface area contributed by atoms with Gasteiger partial charge in [-0.3, -0.25) is 0 Å². The predicted octanol–water partition coefficient (Wildman–Crippen LogP) is 7.78. The van der Waals surface area contributed by atoms with Gasteiger partial charge in [0, 0.05) is 0 Å². The molecule has 0 saturated carbocycles. The van der Waals surface area contributed by atoms with Gasteiger partial charge in [0.05, 0.1) is 36.3 Å². The number of aliphatic hydroxyl groups is 1. The van der Waals surface area contributed by atoms with Crippen molar-refractivity contribution in [3.05, 3.63) is 128 Å². The number of fused-ring (bicyclic) bond motifs is 1. The lowest BCUT2D eigenvalue weighted by molar-refractivity contribution is 0.0600. The normalized spacial score (nSPS) is 9.77. The fourth-order valence-corrected chi connectivity index (χ4v) is 4.18. The van der Waals surface area contributed by atoms with Gasteiger partial charge in [0.2, 0.25) is 0 Å². The highest BCUT2D eigenvalue weighted by Gasteiger charge is 2.07. The molecule has 5 rings (SSSR count). The van der Waals surface area contributed by atoms with E-state index in [1.54, 1.807) is 6.07 Å². The first kappa shape index (κ1) is 34.3. The number of methoxy groups -OCH3 is 1. The Morgan fingerprint density at radius 1 is 0.814 bits per heavy atom. The molecule has 0 fully saturated rings. The van der Waals surface area contributed by atoms with Gasteiger partial charge in [-0.25, -0.2) is 4.79 Å². The molecule has 0 aliphatic heterocycles. The zero-order valence-corrected chi connectivity index (χ0v) is 26.3. The minimum absolute atomic E-state index is 0.145. The molecule has 7 heteroatoms. The van der Waals surface area contributed by atoms with E-state index >= 15 is 0 Å². The second kappa shape index (κ2) is 16.5. The van der Waals surface area contributed by atoms with E-state index in [2.05, 4.69) is 22.0 Å². The summed E-state index contributed by atoms with van der Waals surface area (Å²) in [4.78, 5) is 11.1. The molecule has 1 heterocycles. The number of nitrogens with zero attached hydrogens (tertiary/aromatic N) is 2. The Hall–Kier alpha value is -4.93. The molecule has 7 nitrogen and oxygen atoms in total. The number of nitrogens with two attached hydrogens (primary N) is 1. The summed E-state index contributed by atoms with van der Waals surface area (Å²) >= 11 is 0. The predicted molar refractivity (Wildman–Crippen MR) is 173 cm³/mol. The Balaban J connectivity index is 0.000000201. The zero-order valence-electron chi connectivity index (χ0n) is 26.3. The molecule has 0 saturated heterocycles. The number of hydrogen-bond acceptors (Lipinski definition) is 7. The molecule has 0 aliphatic carbocycles. The van der Waals surface area contributed by atoms with Crippen molar-refractivity contribution in [2.24, 2.45) is 0 Å². The van der Waals surface area contributed by atoms with Crippen molar-refractivity contribution in [3.63, 3.8) is 0 Å². The number of carbonyl (C=O) groups excluding carboxylic acids is 1. The average Bonchev–Trinajstić information content (AvgIpc) is 3.33. The van der Waals surface area contributed by atoms with E-state index in [1.165, 1.54) is 23.8 Å². The van der Waals surface area contributed by atoms with Crippen LogP contribution in [0.15, 0.2) is 77.3 Å². The molecule has 0 bridgehead atoms. The van der Waals surface area contributed by atoms with Gasteiger partial charge >= 0.3 is 5.97 Å². The topological polar surface area (TPSA) is 122 Å². The van der Waals surface area contributed by atoms with E-state index in [-0.39, 0.29) is 12.6 Å². The smallest absolute Gasteiger partial charge is 0.338 e. The van der Waals surface area contributed by atoms with Gasteiger partial charge in [-0.05, 0) is 101 Å². The number of nitriles is 1. The fourth-order valence-electron chi connectivity index (χ4n) is 4.18. The first-order valence-corrected chi connectivity index (χ1v) is 13.8. The number of aliphatic hydroxyl groups excluding tert-OH is 1. The van der Waals surface area contributed by atoms with Crippen LogP contribution in [0.5, 0.6) is 0 Å². The summed E-state index contributed by atoms with van der Waals surface area (Å²) in [5.41, 5.74) is 16.6. The third-order valence-corrected chi connectivity index (χ3v) is 6.61. The molecule has 0 unspecified atom stereocenters. The summed E-state index contributed by atoms with van der Waals surface area (Å²) in [5, 5.41) is 21.9. The van der Waals surface area contributed by atoms with Crippen molar-refractivity contribution < 1.29 is 19.2 Å². The zero-order chi connectivity index (χ0) is 32.1. The Bertz CT molecular complexity index is 1710. The van der Waals surface area contributed by atoms with Gasteiger partial charge in [-0.1, -0.05) is 70.4 Å². The van der Waals surface area contributed by atoms with E-state index in [0.717, 1.165) is 44.3 Å². The van der Waals surface area contributed by atoms with E-state index in [0.29, 0.717) is 11.4 Å². The monoisotopic (exact) mass is 579 g/mol. The summed E-state index contributed by atoms with van der Waals surface area (Å²) < 4.78 is 9.57. The van der Waals surface area contributed by atoms with Crippen LogP contribution in [0, 0.1) is 59.8 Å². The first-order valence-electron chi connectivity index (χ1n) is 13.8. The summed E-state index contributed by atoms with van der Waals surface area (Å²) in [6.45, 7) is 14.1. The van der Waals surface area contributed by atoms with Crippen LogP contribution in [0.2, 0.25) is 0 Å². The lowest BCUT2D eigenvalue weighted by Gasteiger charge is -2.03. The lowest BCUT2D eigenvalue weighted by atomic mass is 10.1. The molecule has 0 atom stereocenters. The summed E-state index contributed by atoms with van der Waals surface area (Å²) in [7, 11) is 1.39. The third kappa shape index (κ3) is 10.4. The van der Waals surface area contributed by atoms with Crippen molar-refractivity contribution in [1.82, 2.24) is 5.16 Å². The first-order chi connectivity index (χ1) is 20.4.